The molecule has 1 aliphatic rings. The summed E-state index contributed by atoms with van der Waals surface area (Å²) in [5, 5.41) is 10.0. The zero-order valence-corrected chi connectivity index (χ0v) is 15.0. The first-order valence-corrected chi connectivity index (χ1v) is 8.45. The van der Waals surface area contributed by atoms with Crippen molar-refractivity contribution in [2.75, 3.05) is 13.1 Å². The molecule has 6 heteroatoms. The van der Waals surface area contributed by atoms with Crippen LogP contribution in [0.3, 0.4) is 0 Å². The van der Waals surface area contributed by atoms with Crippen molar-refractivity contribution in [2.24, 2.45) is 0 Å². The minimum absolute atomic E-state index is 0.207. The molecule has 2 rings (SSSR count). The van der Waals surface area contributed by atoms with Gasteiger partial charge in [0, 0.05) is 6.92 Å². The van der Waals surface area contributed by atoms with Crippen molar-refractivity contribution in [1.29, 1.82) is 0 Å². The van der Waals surface area contributed by atoms with Gasteiger partial charge in [-0.25, -0.2) is 4.79 Å². The first-order chi connectivity index (χ1) is 11.3. The van der Waals surface area contributed by atoms with Gasteiger partial charge in [0.1, 0.15) is 6.23 Å². The molecule has 1 aromatic rings. The Bertz CT molecular complexity index is 562. The predicted octanol–water partition coefficient (Wildman–Crippen LogP) is 3.11. The van der Waals surface area contributed by atoms with Gasteiger partial charge in [-0.15, -0.1) is 0 Å². The maximum absolute atomic E-state index is 12.2. The highest BCUT2D eigenvalue weighted by Gasteiger charge is 2.62. The molecule has 0 bridgehead atoms. The number of nitrogens with zero attached hydrogens (tertiary/aromatic N) is 1. The predicted molar refractivity (Wildman–Crippen MR) is 90.2 cm³/mol. The Kier molecular flexibility index (Phi) is 5.40. The van der Waals surface area contributed by atoms with Crippen molar-refractivity contribution in [3.63, 3.8) is 0 Å². The summed E-state index contributed by atoms with van der Waals surface area (Å²) in [5.74, 6) is -1.49. The van der Waals surface area contributed by atoms with Gasteiger partial charge in [0.15, 0.2) is 11.5 Å². The van der Waals surface area contributed by atoms with E-state index in [-0.39, 0.29) is 12.6 Å². The maximum atomic E-state index is 12.2. The molecule has 0 saturated heterocycles. The maximum Gasteiger partial charge on any atom is 0.344 e. The lowest BCUT2D eigenvalue weighted by atomic mass is 9.90. The zero-order valence-electron chi connectivity index (χ0n) is 15.0. The third-order valence-corrected chi connectivity index (χ3v) is 4.73. The molecule has 2 unspecified atom stereocenters. The van der Waals surface area contributed by atoms with Crippen LogP contribution >= 0.6 is 0 Å². The van der Waals surface area contributed by atoms with Gasteiger partial charge in [0.05, 0.1) is 0 Å². The summed E-state index contributed by atoms with van der Waals surface area (Å²) in [6, 6.07) is 7.16. The lowest BCUT2D eigenvalue weighted by molar-refractivity contribution is -0.267. The molecule has 1 aromatic carbocycles. The number of para-hydroxylation sites is 2. The van der Waals surface area contributed by atoms with Crippen molar-refractivity contribution >= 4 is 5.97 Å². The molecule has 1 N–H and O–H groups in total. The fourth-order valence-electron chi connectivity index (χ4n) is 3.24. The molecular formula is C18H27NO5. The van der Waals surface area contributed by atoms with Crippen LogP contribution in [0.15, 0.2) is 24.3 Å². The second-order valence-corrected chi connectivity index (χ2v) is 6.02. The first-order valence-electron chi connectivity index (χ1n) is 8.45. The third kappa shape index (κ3) is 2.96. The van der Waals surface area contributed by atoms with E-state index in [1.54, 1.807) is 26.0 Å². The van der Waals surface area contributed by atoms with E-state index >= 15 is 0 Å². The van der Waals surface area contributed by atoms with Gasteiger partial charge in [-0.3, -0.25) is 4.90 Å². The van der Waals surface area contributed by atoms with Crippen LogP contribution in [-0.4, -0.2) is 46.7 Å². The molecule has 0 amide bonds. The highest BCUT2D eigenvalue weighted by molar-refractivity contribution is 5.79. The minimum Gasteiger partial charge on any atom is -0.479 e. The van der Waals surface area contributed by atoms with Crippen molar-refractivity contribution in [1.82, 2.24) is 4.90 Å². The van der Waals surface area contributed by atoms with Crippen LogP contribution < -0.4 is 9.47 Å². The number of hydrogen-bond acceptors (Lipinski definition) is 5. The number of aliphatic carboxylic acids is 1. The van der Waals surface area contributed by atoms with Gasteiger partial charge in [0.25, 0.3) is 5.79 Å². The first kappa shape index (κ1) is 18.5. The Hall–Kier alpha value is -1.79. The number of ether oxygens (including phenoxy) is 3. The van der Waals surface area contributed by atoms with Crippen molar-refractivity contribution in [2.45, 2.75) is 58.7 Å². The van der Waals surface area contributed by atoms with E-state index in [0.717, 1.165) is 13.1 Å². The molecule has 2 atom stereocenters. The van der Waals surface area contributed by atoms with Crippen LogP contribution in [-0.2, 0) is 9.53 Å². The third-order valence-electron chi connectivity index (χ3n) is 4.73. The molecule has 1 heterocycles. The fourth-order valence-corrected chi connectivity index (χ4v) is 3.24. The van der Waals surface area contributed by atoms with Crippen LogP contribution in [0, 0.1) is 0 Å². The number of carbonyl (C=O) groups is 1. The van der Waals surface area contributed by atoms with Crippen molar-refractivity contribution in [3.05, 3.63) is 24.3 Å². The second kappa shape index (κ2) is 6.99. The lowest BCUT2D eigenvalue weighted by Gasteiger charge is -2.43. The molecular weight excluding hydrogens is 310 g/mol. The molecule has 0 aliphatic carbocycles. The van der Waals surface area contributed by atoms with Gasteiger partial charge in [-0.05, 0) is 38.6 Å². The second-order valence-electron chi connectivity index (χ2n) is 6.02. The number of rotatable bonds is 8. The van der Waals surface area contributed by atoms with Gasteiger partial charge in [0.2, 0.25) is 5.60 Å². The van der Waals surface area contributed by atoms with E-state index in [1.807, 2.05) is 37.8 Å². The van der Waals surface area contributed by atoms with E-state index in [2.05, 4.69) is 0 Å². The monoisotopic (exact) mass is 337 g/mol. The summed E-state index contributed by atoms with van der Waals surface area (Å²) < 4.78 is 17.9. The highest BCUT2D eigenvalue weighted by Crippen LogP contribution is 2.46. The fraction of sp³-hybridized carbons (Fsp3) is 0.611. The van der Waals surface area contributed by atoms with Crippen molar-refractivity contribution < 1.29 is 24.1 Å². The highest BCUT2D eigenvalue weighted by atomic mass is 16.8. The molecule has 134 valence electrons. The van der Waals surface area contributed by atoms with E-state index < -0.39 is 17.4 Å². The Morgan fingerprint density at radius 3 is 2.12 bits per heavy atom. The van der Waals surface area contributed by atoms with Gasteiger partial charge in [-0.1, -0.05) is 32.9 Å². The Morgan fingerprint density at radius 2 is 1.75 bits per heavy atom. The Balaban J connectivity index is 2.37. The molecule has 0 saturated carbocycles. The van der Waals surface area contributed by atoms with E-state index in [1.165, 1.54) is 0 Å². The minimum atomic E-state index is -1.63. The topological polar surface area (TPSA) is 68.2 Å². The standard InChI is InChI=1S/C18H27NO5/c1-6-18(16(20)21,22-13(4)19(7-2)8-3)17(5)23-14-11-9-10-12-15(14)24-17/h9-13H,6-8H2,1-5H3,(H,20,21). The van der Waals surface area contributed by atoms with E-state index in [9.17, 15) is 9.90 Å². The zero-order chi connectivity index (χ0) is 18.0. The Labute approximate surface area is 143 Å². The largest absolute Gasteiger partial charge is 0.479 e. The molecule has 0 spiro atoms. The average Bonchev–Trinajstić information content (AvgIpc) is 2.90. The summed E-state index contributed by atoms with van der Waals surface area (Å²) in [5.41, 5.74) is -1.63. The number of benzene rings is 1. The Morgan fingerprint density at radius 1 is 1.25 bits per heavy atom. The van der Waals surface area contributed by atoms with Crippen molar-refractivity contribution in [3.8, 4) is 11.5 Å². The number of carboxylic acid groups (broad SMARTS) is 1. The van der Waals surface area contributed by atoms with Gasteiger partial charge < -0.3 is 19.3 Å². The van der Waals surface area contributed by atoms with Crippen LogP contribution in [0.5, 0.6) is 11.5 Å². The SMILES string of the molecule is CCN(CC)C(C)OC(CC)(C(=O)O)C1(C)Oc2ccccc2O1. The molecule has 6 nitrogen and oxygen atoms in total. The molecule has 0 fully saturated rings. The van der Waals surface area contributed by atoms with E-state index in [0.29, 0.717) is 11.5 Å². The molecule has 0 radical (unpaired) electrons. The normalized spacial score (nSPS) is 19.1. The van der Waals surface area contributed by atoms with E-state index in [4.69, 9.17) is 14.2 Å². The molecule has 0 aromatic heterocycles. The summed E-state index contributed by atoms with van der Waals surface area (Å²) in [7, 11) is 0. The van der Waals surface area contributed by atoms with Gasteiger partial charge >= 0.3 is 5.97 Å². The number of carboxylic acids is 1. The van der Waals surface area contributed by atoms with Crippen LogP contribution in [0.25, 0.3) is 0 Å². The quantitative estimate of drug-likeness (QED) is 0.735. The average molecular weight is 337 g/mol. The number of fused-ring (bicyclic) bond motifs is 1. The molecule has 1 aliphatic heterocycles. The summed E-state index contributed by atoms with van der Waals surface area (Å²) in [6.07, 6.45) is -0.179. The number of hydrogen-bond donors (Lipinski definition) is 1. The van der Waals surface area contributed by atoms with Gasteiger partial charge in [-0.2, -0.15) is 0 Å². The smallest absolute Gasteiger partial charge is 0.344 e. The summed E-state index contributed by atoms with van der Waals surface area (Å²) >= 11 is 0. The summed E-state index contributed by atoms with van der Waals surface area (Å²) in [6.45, 7) is 10.8. The van der Waals surface area contributed by atoms with Crippen LogP contribution in [0.4, 0.5) is 0 Å². The van der Waals surface area contributed by atoms with Crippen LogP contribution in [0.2, 0.25) is 0 Å². The summed E-state index contributed by atoms with van der Waals surface area (Å²) in [4.78, 5) is 14.3. The lowest BCUT2D eigenvalue weighted by Crippen LogP contribution is -2.65. The molecule has 24 heavy (non-hydrogen) atoms. The van der Waals surface area contributed by atoms with Crippen LogP contribution in [0.1, 0.15) is 41.0 Å².